The van der Waals surface area contributed by atoms with Gasteiger partial charge in [0, 0.05) is 29.1 Å². The molecule has 0 fully saturated rings. The highest BCUT2D eigenvalue weighted by Crippen LogP contribution is 2.43. The van der Waals surface area contributed by atoms with Gasteiger partial charge in [0.25, 0.3) is 0 Å². The van der Waals surface area contributed by atoms with Crippen LogP contribution in [0.3, 0.4) is 0 Å². The first-order valence-electron chi connectivity index (χ1n) is 9.25. The maximum absolute atomic E-state index is 14.7. The molecule has 1 aliphatic rings. The summed E-state index contributed by atoms with van der Waals surface area (Å²) < 4.78 is 76.5. The van der Waals surface area contributed by atoms with Crippen molar-refractivity contribution in [1.82, 2.24) is 19.9 Å². The van der Waals surface area contributed by atoms with Crippen molar-refractivity contribution >= 4 is 28.7 Å². The van der Waals surface area contributed by atoms with E-state index in [2.05, 4.69) is 19.9 Å². The lowest BCUT2D eigenvalue weighted by atomic mass is 10.0. The molecule has 0 radical (unpaired) electrons. The highest BCUT2D eigenvalue weighted by atomic mass is 32.2. The van der Waals surface area contributed by atoms with E-state index in [-0.39, 0.29) is 16.7 Å². The molecule has 6 nitrogen and oxygen atoms in total. The number of benzene rings is 1. The average Bonchev–Trinajstić information content (AvgIpc) is 3.18. The lowest BCUT2D eigenvalue weighted by molar-refractivity contribution is -0.137. The van der Waals surface area contributed by atoms with E-state index in [0.29, 0.717) is 35.8 Å². The molecule has 1 aliphatic heterocycles. The molecule has 0 spiro atoms. The summed E-state index contributed by atoms with van der Waals surface area (Å²) >= 11 is 1.15. The lowest BCUT2D eigenvalue weighted by Gasteiger charge is -2.27. The molecule has 0 atom stereocenters. The Labute approximate surface area is 181 Å². The van der Waals surface area contributed by atoms with Gasteiger partial charge in [-0.15, -0.1) is 0 Å². The summed E-state index contributed by atoms with van der Waals surface area (Å²) in [5, 5.41) is 0.307. The van der Waals surface area contributed by atoms with Crippen LogP contribution in [-0.4, -0.2) is 33.1 Å². The van der Waals surface area contributed by atoms with Gasteiger partial charge in [-0.25, -0.2) is 23.7 Å². The Morgan fingerprint density at radius 2 is 1.88 bits per heavy atom. The van der Waals surface area contributed by atoms with Crippen molar-refractivity contribution in [3.05, 3.63) is 60.1 Å². The topological polar surface area (TPSA) is 66.9 Å². The van der Waals surface area contributed by atoms with Gasteiger partial charge in [0.2, 0.25) is 0 Å². The van der Waals surface area contributed by atoms with Gasteiger partial charge >= 0.3 is 6.18 Å². The maximum Gasteiger partial charge on any atom is 0.417 e. The SMILES string of the molecule is Fc1cnc(-c2c(C(F)(F)F)cc(F)c3[nH]c(SN4CCOc5cccnc54)cc23)nc1. The zero-order chi connectivity index (χ0) is 22.5. The quantitative estimate of drug-likeness (QED) is 0.331. The van der Waals surface area contributed by atoms with E-state index >= 15 is 0 Å². The van der Waals surface area contributed by atoms with Gasteiger partial charge in [-0.05, 0) is 24.3 Å². The third-order valence-electron chi connectivity index (χ3n) is 4.74. The number of ether oxygens (including phenoxy) is 1. The number of hydrogen-bond donors (Lipinski definition) is 1. The maximum atomic E-state index is 14.7. The second kappa shape index (κ2) is 7.62. The van der Waals surface area contributed by atoms with Gasteiger partial charge in [-0.2, -0.15) is 13.2 Å². The molecule has 0 saturated carbocycles. The highest BCUT2D eigenvalue weighted by Gasteiger charge is 2.37. The summed E-state index contributed by atoms with van der Waals surface area (Å²) in [6, 6.07) is 5.25. The number of hydrogen-bond acceptors (Lipinski definition) is 6. The molecule has 32 heavy (non-hydrogen) atoms. The molecule has 0 bridgehead atoms. The van der Waals surface area contributed by atoms with Crippen LogP contribution in [0.2, 0.25) is 0 Å². The monoisotopic (exact) mass is 465 g/mol. The molecule has 0 amide bonds. The van der Waals surface area contributed by atoms with Gasteiger partial charge < -0.3 is 9.72 Å². The zero-order valence-corrected chi connectivity index (χ0v) is 16.8. The van der Waals surface area contributed by atoms with Crippen LogP contribution >= 0.6 is 11.9 Å². The van der Waals surface area contributed by atoms with Gasteiger partial charge in [0.1, 0.15) is 12.4 Å². The number of halogens is 5. The molecule has 0 aliphatic carbocycles. The van der Waals surface area contributed by atoms with E-state index in [9.17, 15) is 22.0 Å². The van der Waals surface area contributed by atoms with Crippen LogP contribution in [0, 0.1) is 11.6 Å². The van der Waals surface area contributed by atoms with Crippen LogP contribution in [-0.2, 0) is 6.18 Å². The van der Waals surface area contributed by atoms with Crippen molar-refractivity contribution in [2.45, 2.75) is 11.2 Å². The predicted octanol–water partition coefficient (Wildman–Crippen LogP) is 5.22. The molecule has 0 unspecified atom stereocenters. The Balaban J connectivity index is 1.64. The molecule has 5 rings (SSSR count). The summed E-state index contributed by atoms with van der Waals surface area (Å²) in [6.45, 7) is 0.835. The normalized spacial score (nSPS) is 13.8. The van der Waals surface area contributed by atoms with Crippen LogP contribution in [0.1, 0.15) is 5.56 Å². The minimum absolute atomic E-state index is 0.0686. The number of fused-ring (bicyclic) bond motifs is 2. The number of anilines is 1. The second-order valence-electron chi connectivity index (χ2n) is 6.79. The average molecular weight is 465 g/mol. The molecule has 0 saturated heterocycles. The fraction of sp³-hybridized carbons (Fsp3) is 0.150. The van der Waals surface area contributed by atoms with Crippen LogP contribution in [0.5, 0.6) is 5.75 Å². The number of pyridine rings is 1. The number of rotatable bonds is 3. The predicted molar refractivity (Wildman–Crippen MR) is 107 cm³/mol. The first-order valence-corrected chi connectivity index (χ1v) is 10.0. The molecule has 4 heterocycles. The summed E-state index contributed by atoms with van der Waals surface area (Å²) in [4.78, 5) is 14.5. The highest BCUT2D eigenvalue weighted by molar-refractivity contribution is 8.00. The van der Waals surface area contributed by atoms with Crippen molar-refractivity contribution in [3.63, 3.8) is 0 Å². The molecule has 3 aromatic heterocycles. The number of nitrogens with zero attached hydrogens (tertiary/aromatic N) is 4. The lowest BCUT2D eigenvalue weighted by Crippen LogP contribution is -2.27. The van der Waals surface area contributed by atoms with E-state index in [1.807, 2.05) is 0 Å². The smallest absolute Gasteiger partial charge is 0.417 e. The van der Waals surface area contributed by atoms with Gasteiger partial charge in [0.15, 0.2) is 23.2 Å². The molecular weight excluding hydrogens is 453 g/mol. The van der Waals surface area contributed by atoms with E-state index in [4.69, 9.17) is 4.74 Å². The summed E-state index contributed by atoms with van der Waals surface area (Å²) in [5.41, 5.74) is -1.82. The fourth-order valence-corrected chi connectivity index (χ4v) is 4.37. The van der Waals surface area contributed by atoms with Crippen molar-refractivity contribution in [2.75, 3.05) is 17.5 Å². The zero-order valence-electron chi connectivity index (χ0n) is 16.0. The molecule has 4 aromatic rings. The standard InChI is InChI=1S/C20H12F5N5OS/c21-10-8-27-18(28-9-10)16-11-6-15(29-17(11)13(22)7-12(16)20(23,24)25)32-30-4-5-31-14-2-1-3-26-19(14)30/h1-3,6-9,29H,4-5H2. The first-order chi connectivity index (χ1) is 15.3. The minimum atomic E-state index is -4.88. The first kappa shape index (κ1) is 20.5. The minimum Gasteiger partial charge on any atom is -0.488 e. The van der Waals surface area contributed by atoms with Gasteiger partial charge in [-0.1, -0.05) is 0 Å². The Morgan fingerprint density at radius 1 is 1.09 bits per heavy atom. The number of aromatic amines is 1. The van der Waals surface area contributed by atoms with Crippen molar-refractivity contribution in [2.24, 2.45) is 0 Å². The number of nitrogens with one attached hydrogen (secondary N) is 1. The number of alkyl halides is 3. The Kier molecular flexibility index (Phi) is 4.88. The summed E-state index contributed by atoms with van der Waals surface area (Å²) in [5.74, 6) is -1.14. The number of H-pyrrole nitrogens is 1. The van der Waals surface area contributed by atoms with E-state index < -0.39 is 28.9 Å². The Hall–Kier alpha value is -3.41. The number of aromatic nitrogens is 4. The fourth-order valence-electron chi connectivity index (χ4n) is 3.42. The molecule has 1 aromatic carbocycles. The second-order valence-corrected chi connectivity index (χ2v) is 7.86. The van der Waals surface area contributed by atoms with Crippen molar-refractivity contribution < 1.29 is 26.7 Å². The molecular formula is C20H12F5N5OS. The third-order valence-corrected chi connectivity index (χ3v) is 5.73. The largest absolute Gasteiger partial charge is 0.488 e. The molecule has 12 heteroatoms. The van der Waals surface area contributed by atoms with E-state index in [1.165, 1.54) is 6.07 Å². The Bertz CT molecular complexity index is 1310. The summed E-state index contributed by atoms with van der Waals surface area (Å²) in [6.07, 6.45) is -1.77. The van der Waals surface area contributed by atoms with Crippen LogP contribution in [0.4, 0.5) is 27.8 Å². The van der Waals surface area contributed by atoms with Crippen LogP contribution in [0.15, 0.2) is 47.9 Å². The van der Waals surface area contributed by atoms with Crippen LogP contribution in [0.25, 0.3) is 22.3 Å². The molecule has 1 N–H and O–H groups in total. The summed E-state index contributed by atoms with van der Waals surface area (Å²) in [7, 11) is 0. The van der Waals surface area contributed by atoms with E-state index in [1.54, 1.807) is 22.6 Å². The molecule has 164 valence electrons. The van der Waals surface area contributed by atoms with Crippen molar-refractivity contribution in [1.29, 1.82) is 0 Å². The van der Waals surface area contributed by atoms with Gasteiger partial charge in [-0.3, -0.25) is 4.31 Å². The Morgan fingerprint density at radius 3 is 2.62 bits per heavy atom. The third kappa shape index (κ3) is 3.60. The van der Waals surface area contributed by atoms with Crippen LogP contribution < -0.4 is 9.04 Å². The van der Waals surface area contributed by atoms with Crippen molar-refractivity contribution in [3.8, 4) is 17.1 Å². The van der Waals surface area contributed by atoms with E-state index in [0.717, 1.165) is 24.3 Å². The van der Waals surface area contributed by atoms with Gasteiger partial charge in [0.05, 0.1) is 35.0 Å².